The standard InChI is InChI=1S/C25H24BrCl2N3O4S/c1-35-23-10-3-17(15-24(23)36(33,34)29-19-6-4-18(26)5-7-19)25(32)31-12-2-11-30(13-14-31)20-8-9-21(27)22(28)16-20/h3-10,15-16,29H,2,11-14H2,1H3. The maximum atomic E-state index is 13.4. The Hall–Kier alpha value is -2.46. The molecule has 0 atom stereocenters. The topological polar surface area (TPSA) is 79.0 Å². The van der Waals surface area contributed by atoms with Crippen molar-refractivity contribution in [2.24, 2.45) is 0 Å². The largest absolute Gasteiger partial charge is 0.495 e. The molecule has 3 aromatic rings. The van der Waals surface area contributed by atoms with E-state index in [2.05, 4.69) is 25.6 Å². The van der Waals surface area contributed by atoms with E-state index in [0.717, 1.165) is 23.1 Å². The van der Waals surface area contributed by atoms with Crippen LogP contribution in [0.15, 0.2) is 70.0 Å². The van der Waals surface area contributed by atoms with E-state index < -0.39 is 10.0 Å². The monoisotopic (exact) mass is 611 g/mol. The van der Waals surface area contributed by atoms with Crippen molar-refractivity contribution < 1.29 is 17.9 Å². The van der Waals surface area contributed by atoms with Crippen LogP contribution in [0.25, 0.3) is 0 Å². The molecular weight excluding hydrogens is 589 g/mol. The SMILES string of the molecule is COc1ccc(C(=O)N2CCCN(c3ccc(Cl)c(Cl)c3)CC2)cc1S(=O)(=O)Nc1ccc(Br)cc1. The van der Waals surface area contributed by atoms with E-state index in [-0.39, 0.29) is 22.1 Å². The second-order valence-corrected chi connectivity index (χ2v) is 11.6. The summed E-state index contributed by atoms with van der Waals surface area (Å²) in [5, 5.41) is 0.974. The molecule has 11 heteroatoms. The highest BCUT2D eigenvalue weighted by Gasteiger charge is 2.25. The number of rotatable bonds is 6. The zero-order valence-corrected chi connectivity index (χ0v) is 23.3. The van der Waals surface area contributed by atoms with Gasteiger partial charge in [-0.15, -0.1) is 0 Å². The smallest absolute Gasteiger partial charge is 0.265 e. The first kappa shape index (κ1) is 26.6. The van der Waals surface area contributed by atoms with E-state index in [1.807, 2.05) is 12.1 Å². The fourth-order valence-electron chi connectivity index (χ4n) is 3.99. The molecule has 36 heavy (non-hydrogen) atoms. The van der Waals surface area contributed by atoms with Gasteiger partial charge in [0.25, 0.3) is 15.9 Å². The van der Waals surface area contributed by atoms with Gasteiger partial charge in [-0.1, -0.05) is 39.1 Å². The van der Waals surface area contributed by atoms with E-state index in [1.54, 1.807) is 41.3 Å². The lowest BCUT2D eigenvalue weighted by molar-refractivity contribution is 0.0766. The van der Waals surface area contributed by atoms with Gasteiger partial charge in [0.2, 0.25) is 0 Å². The molecule has 1 N–H and O–H groups in total. The van der Waals surface area contributed by atoms with Gasteiger partial charge in [-0.25, -0.2) is 8.42 Å². The number of ether oxygens (including phenoxy) is 1. The molecule has 1 fully saturated rings. The minimum absolute atomic E-state index is 0.106. The van der Waals surface area contributed by atoms with Crippen LogP contribution in [0.1, 0.15) is 16.8 Å². The Labute approximate surface area is 229 Å². The zero-order valence-electron chi connectivity index (χ0n) is 19.4. The highest BCUT2D eigenvalue weighted by molar-refractivity contribution is 9.10. The van der Waals surface area contributed by atoms with Crippen LogP contribution in [-0.2, 0) is 10.0 Å². The number of methoxy groups -OCH3 is 1. The first-order valence-electron chi connectivity index (χ1n) is 11.1. The molecule has 0 radical (unpaired) electrons. The molecule has 4 rings (SSSR count). The Morgan fingerprint density at radius 1 is 0.944 bits per heavy atom. The normalized spacial score (nSPS) is 14.3. The van der Waals surface area contributed by atoms with Crippen LogP contribution >= 0.6 is 39.1 Å². The molecule has 0 spiro atoms. The molecule has 0 unspecified atom stereocenters. The van der Waals surface area contributed by atoms with Crippen molar-refractivity contribution in [3.63, 3.8) is 0 Å². The van der Waals surface area contributed by atoms with Crippen LogP contribution < -0.4 is 14.4 Å². The molecule has 1 saturated heterocycles. The number of sulfonamides is 1. The first-order chi connectivity index (χ1) is 17.2. The van der Waals surface area contributed by atoms with Crippen molar-refractivity contribution in [1.29, 1.82) is 0 Å². The molecule has 0 aliphatic carbocycles. The van der Waals surface area contributed by atoms with E-state index in [4.69, 9.17) is 27.9 Å². The van der Waals surface area contributed by atoms with E-state index in [0.29, 0.717) is 35.4 Å². The second kappa shape index (κ2) is 11.3. The van der Waals surface area contributed by atoms with Crippen molar-refractivity contribution in [1.82, 2.24) is 4.90 Å². The number of halogens is 3. The Morgan fingerprint density at radius 3 is 2.39 bits per heavy atom. The molecule has 1 amide bonds. The van der Waals surface area contributed by atoms with Crippen molar-refractivity contribution in [3.8, 4) is 5.75 Å². The molecule has 1 heterocycles. The lowest BCUT2D eigenvalue weighted by Crippen LogP contribution is -2.35. The van der Waals surface area contributed by atoms with Crippen molar-refractivity contribution >= 4 is 66.4 Å². The predicted octanol–water partition coefficient (Wildman–Crippen LogP) is 5.92. The van der Waals surface area contributed by atoms with Crippen LogP contribution in [0.4, 0.5) is 11.4 Å². The summed E-state index contributed by atoms with van der Waals surface area (Å²) in [5.41, 5.74) is 1.61. The summed E-state index contributed by atoms with van der Waals surface area (Å²) in [6.45, 7) is 2.38. The third-order valence-corrected chi connectivity index (χ3v) is 8.52. The quantitative estimate of drug-likeness (QED) is 0.374. The van der Waals surface area contributed by atoms with E-state index in [1.165, 1.54) is 19.2 Å². The minimum Gasteiger partial charge on any atom is -0.495 e. The lowest BCUT2D eigenvalue weighted by atomic mass is 10.2. The van der Waals surface area contributed by atoms with Crippen LogP contribution in [0.3, 0.4) is 0 Å². The van der Waals surface area contributed by atoms with Crippen molar-refractivity contribution in [3.05, 3.63) is 80.7 Å². The van der Waals surface area contributed by atoms with Crippen molar-refractivity contribution in [2.75, 3.05) is 42.9 Å². The summed E-state index contributed by atoms with van der Waals surface area (Å²) in [7, 11) is -2.62. The zero-order chi connectivity index (χ0) is 25.9. The van der Waals surface area contributed by atoms with Gasteiger partial charge in [0.05, 0.1) is 17.2 Å². The fraction of sp³-hybridized carbons (Fsp3) is 0.240. The third kappa shape index (κ3) is 6.08. The molecule has 190 valence electrons. The van der Waals surface area contributed by atoms with Gasteiger partial charge in [-0.3, -0.25) is 9.52 Å². The Balaban J connectivity index is 1.53. The Morgan fingerprint density at radius 2 is 1.69 bits per heavy atom. The number of carbonyl (C=O) groups excluding carboxylic acids is 1. The molecule has 0 saturated carbocycles. The molecule has 7 nitrogen and oxygen atoms in total. The van der Waals surface area contributed by atoms with E-state index in [9.17, 15) is 13.2 Å². The number of carbonyl (C=O) groups is 1. The van der Waals surface area contributed by atoms with Gasteiger partial charge < -0.3 is 14.5 Å². The molecule has 0 aromatic heterocycles. The second-order valence-electron chi connectivity index (χ2n) is 8.21. The minimum atomic E-state index is -4.01. The third-order valence-electron chi connectivity index (χ3n) is 5.85. The number of hydrogen-bond acceptors (Lipinski definition) is 5. The average molecular weight is 613 g/mol. The molecule has 3 aromatic carbocycles. The summed E-state index contributed by atoms with van der Waals surface area (Å²) >= 11 is 15.5. The van der Waals surface area contributed by atoms with Gasteiger partial charge in [0.15, 0.2) is 0 Å². The van der Waals surface area contributed by atoms with Gasteiger partial charge in [-0.2, -0.15) is 0 Å². The Bertz CT molecular complexity index is 1370. The molecule has 0 bridgehead atoms. The number of hydrogen-bond donors (Lipinski definition) is 1. The van der Waals surface area contributed by atoms with Crippen LogP contribution in [-0.4, -0.2) is 52.5 Å². The number of amides is 1. The van der Waals surface area contributed by atoms with Gasteiger partial charge in [-0.05, 0) is 67.1 Å². The summed E-state index contributed by atoms with van der Waals surface area (Å²) in [4.78, 5) is 17.2. The highest BCUT2D eigenvalue weighted by Crippen LogP contribution is 2.30. The maximum Gasteiger partial charge on any atom is 0.265 e. The average Bonchev–Trinajstić information content (AvgIpc) is 3.12. The van der Waals surface area contributed by atoms with Gasteiger partial charge in [0.1, 0.15) is 10.6 Å². The summed E-state index contributed by atoms with van der Waals surface area (Å²) in [6.07, 6.45) is 0.748. The fourth-order valence-corrected chi connectivity index (χ4v) is 5.80. The summed E-state index contributed by atoms with van der Waals surface area (Å²) in [6, 6.07) is 16.7. The van der Waals surface area contributed by atoms with Gasteiger partial charge >= 0.3 is 0 Å². The maximum absolute atomic E-state index is 13.4. The molecular formula is C25H24BrCl2N3O4S. The first-order valence-corrected chi connectivity index (χ1v) is 14.2. The van der Waals surface area contributed by atoms with Crippen molar-refractivity contribution in [2.45, 2.75) is 11.3 Å². The number of anilines is 2. The van der Waals surface area contributed by atoms with Crippen LogP contribution in [0.5, 0.6) is 5.75 Å². The molecule has 1 aliphatic rings. The van der Waals surface area contributed by atoms with E-state index >= 15 is 0 Å². The van der Waals surface area contributed by atoms with Crippen LogP contribution in [0.2, 0.25) is 10.0 Å². The summed E-state index contributed by atoms with van der Waals surface area (Å²) < 4.78 is 35.0. The Kier molecular flexibility index (Phi) is 8.34. The summed E-state index contributed by atoms with van der Waals surface area (Å²) in [5.74, 6) is -0.0912. The van der Waals surface area contributed by atoms with Gasteiger partial charge in [0, 0.05) is 47.6 Å². The number of benzene rings is 3. The molecule has 1 aliphatic heterocycles. The van der Waals surface area contributed by atoms with Crippen LogP contribution in [0, 0.1) is 0 Å². The highest BCUT2D eigenvalue weighted by atomic mass is 79.9. The number of nitrogens with one attached hydrogen (secondary N) is 1. The number of nitrogens with zero attached hydrogens (tertiary/aromatic N) is 2. The lowest BCUT2D eigenvalue weighted by Gasteiger charge is -2.24. The predicted molar refractivity (Wildman–Crippen MR) is 147 cm³/mol.